The van der Waals surface area contributed by atoms with Gasteiger partial charge in [-0.3, -0.25) is 9.59 Å². The fourth-order valence-corrected chi connectivity index (χ4v) is 4.07. The molecular formula is C18H16BrNO3S. The van der Waals surface area contributed by atoms with Gasteiger partial charge in [-0.25, -0.2) is 0 Å². The molecule has 1 aromatic carbocycles. The number of anilines is 1. The summed E-state index contributed by atoms with van der Waals surface area (Å²) in [5.74, 6) is -0.729. The van der Waals surface area contributed by atoms with Crippen LogP contribution in [0.4, 0.5) is 5.69 Å². The first-order chi connectivity index (χ1) is 11.4. The number of carbonyl (C=O) groups is 2. The smallest absolute Gasteiger partial charge is 0.264 e. The molecule has 0 spiro atoms. The van der Waals surface area contributed by atoms with Gasteiger partial charge in [-0.2, -0.15) is 0 Å². The average Bonchev–Trinajstić information content (AvgIpc) is 3.05. The number of amides is 1. The van der Waals surface area contributed by atoms with E-state index in [1.807, 2.05) is 13.0 Å². The summed E-state index contributed by atoms with van der Waals surface area (Å²) in [4.78, 5) is 28.4. The van der Waals surface area contributed by atoms with Gasteiger partial charge in [-0.05, 0) is 37.3 Å². The molecule has 24 heavy (non-hydrogen) atoms. The molecule has 1 N–H and O–H groups in total. The normalized spacial score (nSPS) is 19.5. The molecule has 2 aromatic rings. The Morgan fingerprint density at radius 1 is 1.42 bits per heavy atom. The summed E-state index contributed by atoms with van der Waals surface area (Å²) >= 11 is 4.73. The summed E-state index contributed by atoms with van der Waals surface area (Å²) in [6.07, 6.45) is 1.32. The molecule has 1 amide bonds. The summed E-state index contributed by atoms with van der Waals surface area (Å²) in [6, 6.07) is 8.85. The second-order valence-corrected chi connectivity index (χ2v) is 7.94. The number of fused-ring (bicyclic) bond motifs is 1. The van der Waals surface area contributed by atoms with E-state index in [0.717, 1.165) is 9.35 Å². The predicted octanol–water partition coefficient (Wildman–Crippen LogP) is 3.81. The number of Topliss-reactive ketones (excluding diaryl/α,β-unsaturated/α-hetero) is 1. The lowest BCUT2D eigenvalue weighted by atomic mass is 9.89. The number of hydrogen-bond donors (Lipinski definition) is 1. The Morgan fingerprint density at radius 2 is 2.17 bits per heavy atom. The van der Waals surface area contributed by atoms with Crippen LogP contribution in [0.5, 0.6) is 0 Å². The molecule has 0 unspecified atom stereocenters. The number of carbonyl (C=O) groups excluding carboxylic acids is 2. The van der Waals surface area contributed by atoms with Crippen LogP contribution in [0.1, 0.15) is 26.5 Å². The molecular weight excluding hydrogens is 390 g/mol. The monoisotopic (exact) mass is 405 g/mol. The molecule has 3 rings (SSSR count). The lowest BCUT2D eigenvalue weighted by Gasteiger charge is -2.21. The number of rotatable bonds is 5. The Balaban J connectivity index is 2.02. The molecule has 4 nitrogen and oxygen atoms in total. The van der Waals surface area contributed by atoms with E-state index in [9.17, 15) is 14.7 Å². The van der Waals surface area contributed by atoms with Crippen molar-refractivity contribution >= 4 is 44.6 Å². The molecule has 124 valence electrons. The lowest BCUT2D eigenvalue weighted by Crippen LogP contribution is -2.41. The van der Waals surface area contributed by atoms with Crippen molar-refractivity contribution in [2.45, 2.75) is 18.9 Å². The number of hydrogen-bond acceptors (Lipinski definition) is 4. The second-order valence-electron chi connectivity index (χ2n) is 5.74. The zero-order valence-electron chi connectivity index (χ0n) is 13.1. The van der Waals surface area contributed by atoms with Crippen LogP contribution in [0, 0.1) is 6.92 Å². The number of aryl methyl sites for hydroxylation is 1. The van der Waals surface area contributed by atoms with Crippen LogP contribution in [0.25, 0.3) is 0 Å². The van der Waals surface area contributed by atoms with E-state index >= 15 is 0 Å². The average molecular weight is 406 g/mol. The van der Waals surface area contributed by atoms with Gasteiger partial charge in [0.25, 0.3) is 5.91 Å². The van der Waals surface area contributed by atoms with Crippen molar-refractivity contribution in [3.8, 4) is 0 Å². The highest BCUT2D eigenvalue weighted by Gasteiger charge is 2.50. The quantitative estimate of drug-likeness (QED) is 0.607. The third kappa shape index (κ3) is 2.75. The van der Waals surface area contributed by atoms with Gasteiger partial charge in [0.1, 0.15) is 0 Å². The zero-order valence-corrected chi connectivity index (χ0v) is 15.5. The summed E-state index contributed by atoms with van der Waals surface area (Å²) < 4.78 is 0.743. The summed E-state index contributed by atoms with van der Waals surface area (Å²) in [6.45, 7) is 5.85. The maximum absolute atomic E-state index is 12.8. The number of aliphatic hydroxyl groups is 1. The minimum absolute atomic E-state index is 0.240. The van der Waals surface area contributed by atoms with Crippen LogP contribution in [0.15, 0.2) is 47.5 Å². The van der Waals surface area contributed by atoms with Crippen molar-refractivity contribution in [1.82, 2.24) is 0 Å². The third-order valence-electron chi connectivity index (χ3n) is 4.04. The van der Waals surface area contributed by atoms with Gasteiger partial charge >= 0.3 is 0 Å². The van der Waals surface area contributed by atoms with Gasteiger partial charge < -0.3 is 10.0 Å². The summed E-state index contributed by atoms with van der Waals surface area (Å²) in [5, 5.41) is 11.1. The molecule has 0 fully saturated rings. The molecule has 1 aromatic heterocycles. The second kappa shape index (κ2) is 6.27. The Morgan fingerprint density at radius 3 is 2.79 bits per heavy atom. The van der Waals surface area contributed by atoms with Gasteiger partial charge in [-0.15, -0.1) is 17.9 Å². The first-order valence-corrected chi connectivity index (χ1v) is 9.02. The summed E-state index contributed by atoms with van der Waals surface area (Å²) in [7, 11) is 0. The molecule has 0 saturated carbocycles. The highest BCUT2D eigenvalue weighted by molar-refractivity contribution is 9.10. The number of benzene rings is 1. The number of ketones is 1. The first-order valence-electron chi connectivity index (χ1n) is 7.41. The molecule has 6 heteroatoms. The SMILES string of the molecule is C=CCN1C(=O)[C@](O)(CC(=O)c2ccc(C)s2)c2cc(Br)ccc21. The van der Waals surface area contributed by atoms with E-state index in [1.54, 1.807) is 30.3 Å². The zero-order chi connectivity index (χ0) is 17.5. The van der Waals surface area contributed by atoms with Gasteiger partial charge in [0.15, 0.2) is 11.4 Å². The van der Waals surface area contributed by atoms with E-state index in [1.165, 1.54) is 16.2 Å². The van der Waals surface area contributed by atoms with Crippen molar-refractivity contribution in [2.75, 3.05) is 11.4 Å². The highest BCUT2D eigenvalue weighted by atomic mass is 79.9. The predicted molar refractivity (Wildman–Crippen MR) is 98.6 cm³/mol. The number of thiophene rings is 1. The standard InChI is InChI=1S/C18H16BrNO3S/c1-3-8-20-14-6-5-12(19)9-13(14)18(23,17(20)22)10-15(21)16-7-4-11(2)24-16/h3-7,9,23H,1,8,10H2,2H3/t18-/m0/s1. The summed E-state index contributed by atoms with van der Waals surface area (Å²) in [5.41, 5.74) is -0.789. The molecule has 0 aliphatic carbocycles. The number of nitrogens with zero attached hydrogens (tertiary/aromatic N) is 1. The van der Waals surface area contributed by atoms with Crippen molar-refractivity contribution in [3.05, 3.63) is 62.8 Å². The van der Waals surface area contributed by atoms with Crippen molar-refractivity contribution in [1.29, 1.82) is 0 Å². The molecule has 0 saturated heterocycles. The maximum Gasteiger partial charge on any atom is 0.264 e. The largest absolute Gasteiger partial charge is 0.375 e. The van der Waals surface area contributed by atoms with Gasteiger partial charge in [-0.1, -0.05) is 22.0 Å². The van der Waals surface area contributed by atoms with Gasteiger partial charge in [0.2, 0.25) is 0 Å². The number of halogens is 1. The molecule has 2 heterocycles. The molecule has 1 aliphatic heterocycles. The van der Waals surface area contributed by atoms with Gasteiger partial charge in [0.05, 0.1) is 17.0 Å². The Kier molecular flexibility index (Phi) is 4.46. The molecule has 0 radical (unpaired) electrons. The van der Waals surface area contributed by atoms with Crippen molar-refractivity contribution < 1.29 is 14.7 Å². The Hall–Kier alpha value is -1.76. The Bertz CT molecular complexity index is 845. The van der Waals surface area contributed by atoms with Crippen LogP contribution >= 0.6 is 27.3 Å². The van der Waals surface area contributed by atoms with Crippen LogP contribution in [0.3, 0.4) is 0 Å². The van der Waals surface area contributed by atoms with Gasteiger partial charge in [0, 0.05) is 21.5 Å². The Labute approximate surface area is 152 Å². The minimum atomic E-state index is -1.85. The van der Waals surface area contributed by atoms with Crippen LogP contribution in [0.2, 0.25) is 0 Å². The third-order valence-corrected chi connectivity index (χ3v) is 5.57. The van der Waals surface area contributed by atoms with Crippen LogP contribution in [-0.4, -0.2) is 23.3 Å². The molecule has 0 bridgehead atoms. The highest BCUT2D eigenvalue weighted by Crippen LogP contribution is 2.44. The topological polar surface area (TPSA) is 57.6 Å². The van der Waals surface area contributed by atoms with Crippen molar-refractivity contribution in [2.24, 2.45) is 0 Å². The fourth-order valence-electron chi connectivity index (χ4n) is 2.91. The van der Waals surface area contributed by atoms with Crippen molar-refractivity contribution in [3.63, 3.8) is 0 Å². The van der Waals surface area contributed by atoms with Crippen LogP contribution < -0.4 is 4.90 Å². The van der Waals surface area contributed by atoms with E-state index in [4.69, 9.17) is 0 Å². The van der Waals surface area contributed by atoms with E-state index in [-0.39, 0.29) is 18.7 Å². The molecule has 1 aliphatic rings. The minimum Gasteiger partial charge on any atom is -0.375 e. The lowest BCUT2D eigenvalue weighted by molar-refractivity contribution is -0.135. The van der Waals surface area contributed by atoms with E-state index < -0.39 is 11.5 Å². The van der Waals surface area contributed by atoms with E-state index in [2.05, 4.69) is 22.5 Å². The fraction of sp³-hybridized carbons (Fsp3) is 0.222. The maximum atomic E-state index is 12.8. The van der Waals surface area contributed by atoms with Crippen LogP contribution in [-0.2, 0) is 10.4 Å². The first kappa shape index (κ1) is 17.1. The molecule has 1 atom stereocenters. The van der Waals surface area contributed by atoms with E-state index in [0.29, 0.717) is 16.1 Å².